The summed E-state index contributed by atoms with van der Waals surface area (Å²) >= 11 is 0. The van der Waals surface area contributed by atoms with Crippen LogP contribution in [0.2, 0.25) is 0 Å². The number of benzene rings is 1. The normalized spacial score (nSPS) is 19.6. The molecule has 2 fully saturated rings. The van der Waals surface area contributed by atoms with E-state index in [9.17, 15) is 0 Å². The van der Waals surface area contributed by atoms with E-state index in [1.807, 2.05) is 24.4 Å². The van der Waals surface area contributed by atoms with Crippen LogP contribution in [0.25, 0.3) is 0 Å². The highest BCUT2D eigenvalue weighted by Crippen LogP contribution is 2.35. The molecule has 0 radical (unpaired) electrons. The van der Waals surface area contributed by atoms with Crippen molar-refractivity contribution in [1.29, 1.82) is 0 Å². The molecule has 0 aliphatic carbocycles. The number of rotatable bonds is 8. The van der Waals surface area contributed by atoms with Crippen molar-refractivity contribution in [3.63, 3.8) is 0 Å². The maximum atomic E-state index is 5.65. The van der Waals surface area contributed by atoms with Crippen LogP contribution in [-0.2, 0) is 6.54 Å². The van der Waals surface area contributed by atoms with E-state index in [4.69, 9.17) is 19.2 Å². The van der Waals surface area contributed by atoms with Crippen LogP contribution >= 0.6 is 0 Å². The van der Waals surface area contributed by atoms with Crippen molar-refractivity contribution in [2.24, 2.45) is 0 Å². The van der Waals surface area contributed by atoms with Crippen LogP contribution in [0, 0.1) is 0 Å². The molecule has 1 aromatic heterocycles. The van der Waals surface area contributed by atoms with Crippen LogP contribution in [-0.4, -0.2) is 68.4 Å². The highest BCUT2D eigenvalue weighted by Gasteiger charge is 2.24. The zero-order valence-corrected chi connectivity index (χ0v) is 20.2. The van der Waals surface area contributed by atoms with E-state index >= 15 is 0 Å². The molecule has 0 spiro atoms. The van der Waals surface area contributed by atoms with E-state index in [-0.39, 0.29) is 0 Å². The number of aromatic nitrogens is 2. The molecule has 1 unspecified atom stereocenters. The molecule has 1 atom stereocenters. The SMILES string of the molecule is COc1cc(OC)c(CN2CCCC(Nc3nccc(N4CCCCCC4)n3)C2)c(OC)c1. The molecule has 1 N–H and O–H groups in total. The number of methoxy groups -OCH3 is 3. The number of ether oxygens (including phenoxy) is 3. The molecule has 2 aliphatic heterocycles. The van der Waals surface area contributed by atoms with Crippen molar-refractivity contribution in [2.75, 3.05) is 57.7 Å². The first-order chi connectivity index (χ1) is 16.2. The van der Waals surface area contributed by atoms with Crippen molar-refractivity contribution in [1.82, 2.24) is 14.9 Å². The van der Waals surface area contributed by atoms with Gasteiger partial charge in [0.15, 0.2) is 0 Å². The van der Waals surface area contributed by atoms with Crippen LogP contribution in [0.4, 0.5) is 11.8 Å². The Bertz CT molecular complexity index is 876. The molecule has 0 saturated carbocycles. The smallest absolute Gasteiger partial charge is 0.224 e. The molecule has 0 amide bonds. The second-order valence-electron chi connectivity index (χ2n) is 8.87. The molecule has 0 bridgehead atoms. The molecule has 2 aromatic rings. The van der Waals surface area contributed by atoms with Crippen LogP contribution in [0.3, 0.4) is 0 Å². The fourth-order valence-electron chi connectivity index (χ4n) is 4.85. The van der Waals surface area contributed by atoms with Crippen LogP contribution < -0.4 is 24.4 Å². The van der Waals surface area contributed by atoms with Gasteiger partial charge in [-0.3, -0.25) is 4.90 Å². The minimum absolute atomic E-state index is 0.299. The van der Waals surface area contributed by atoms with Gasteiger partial charge >= 0.3 is 0 Å². The van der Waals surface area contributed by atoms with Gasteiger partial charge in [0.25, 0.3) is 0 Å². The van der Waals surface area contributed by atoms with Crippen molar-refractivity contribution in [3.8, 4) is 17.2 Å². The average Bonchev–Trinajstić information content (AvgIpc) is 3.14. The Morgan fingerprint density at radius 3 is 2.33 bits per heavy atom. The summed E-state index contributed by atoms with van der Waals surface area (Å²) in [5, 5.41) is 3.59. The van der Waals surface area contributed by atoms with Gasteiger partial charge < -0.3 is 24.4 Å². The fraction of sp³-hybridized carbons (Fsp3) is 0.600. The number of likely N-dealkylation sites (tertiary alicyclic amines) is 1. The lowest BCUT2D eigenvalue weighted by atomic mass is 10.0. The molecule has 180 valence electrons. The molecule has 2 saturated heterocycles. The first-order valence-corrected chi connectivity index (χ1v) is 12.1. The lowest BCUT2D eigenvalue weighted by Crippen LogP contribution is -2.42. The Kier molecular flexibility index (Phi) is 8.10. The number of piperidine rings is 1. The van der Waals surface area contributed by atoms with Gasteiger partial charge in [0.1, 0.15) is 23.1 Å². The summed E-state index contributed by atoms with van der Waals surface area (Å²) in [6, 6.07) is 6.17. The monoisotopic (exact) mass is 455 g/mol. The summed E-state index contributed by atoms with van der Waals surface area (Å²) in [6.45, 7) is 4.86. The van der Waals surface area contributed by atoms with Crippen molar-refractivity contribution < 1.29 is 14.2 Å². The Morgan fingerprint density at radius 2 is 1.67 bits per heavy atom. The first-order valence-electron chi connectivity index (χ1n) is 12.1. The maximum Gasteiger partial charge on any atom is 0.224 e. The second-order valence-corrected chi connectivity index (χ2v) is 8.87. The Morgan fingerprint density at radius 1 is 0.939 bits per heavy atom. The summed E-state index contributed by atoms with van der Waals surface area (Å²) in [5.41, 5.74) is 1.04. The third kappa shape index (κ3) is 5.99. The topological polar surface area (TPSA) is 72.0 Å². The van der Waals surface area contributed by atoms with E-state index in [1.165, 1.54) is 25.7 Å². The predicted octanol–water partition coefficient (Wildman–Crippen LogP) is 3.96. The van der Waals surface area contributed by atoms with Gasteiger partial charge in [0, 0.05) is 50.6 Å². The van der Waals surface area contributed by atoms with Crippen LogP contribution in [0.15, 0.2) is 24.4 Å². The highest BCUT2D eigenvalue weighted by molar-refractivity contribution is 5.50. The third-order valence-electron chi connectivity index (χ3n) is 6.61. The lowest BCUT2D eigenvalue weighted by Gasteiger charge is -2.34. The molecule has 8 nitrogen and oxygen atoms in total. The Labute approximate surface area is 197 Å². The quantitative estimate of drug-likeness (QED) is 0.641. The molecule has 3 heterocycles. The van der Waals surface area contributed by atoms with Gasteiger partial charge in [-0.15, -0.1) is 0 Å². The number of anilines is 2. The third-order valence-corrected chi connectivity index (χ3v) is 6.61. The van der Waals surface area contributed by atoms with Gasteiger partial charge in [-0.25, -0.2) is 4.98 Å². The molecule has 4 rings (SSSR count). The van der Waals surface area contributed by atoms with Gasteiger partial charge in [0.2, 0.25) is 5.95 Å². The number of hydrogen-bond acceptors (Lipinski definition) is 8. The molecular formula is C25H37N5O3. The fourth-order valence-corrected chi connectivity index (χ4v) is 4.85. The molecule has 2 aliphatic rings. The largest absolute Gasteiger partial charge is 0.496 e. The summed E-state index contributed by atoms with van der Waals surface area (Å²) in [5.74, 6) is 4.06. The number of hydrogen-bond donors (Lipinski definition) is 1. The predicted molar refractivity (Wildman–Crippen MR) is 131 cm³/mol. The van der Waals surface area contributed by atoms with Crippen molar-refractivity contribution in [3.05, 3.63) is 30.0 Å². The zero-order chi connectivity index (χ0) is 23.0. The number of nitrogens with one attached hydrogen (secondary N) is 1. The Hall–Kier alpha value is -2.74. The van der Waals surface area contributed by atoms with Gasteiger partial charge in [-0.2, -0.15) is 4.98 Å². The summed E-state index contributed by atoms with van der Waals surface area (Å²) < 4.78 is 16.7. The van der Waals surface area contributed by atoms with E-state index in [0.717, 1.165) is 80.1 Å². The summed E-state index contributed by atoms with van der Waals surface area (Å²) in [4.78, 5) is 14.2. The minimum atomic E-state index is 0.299. The summed E-state index contributed by atoms with van der Waals surface area (Å²) in [6.07, 6.45) is 9.20. The average molecular weight is 456 g/mol. The summed E-state index contributed by atoms with van der Waals surface area (Å²) in [7, 11) is 5.03. The van der Waals surface area contributed by atoms with Gasteiger partial charge in [-0.1, -0.05) is 12.8 Å². The minimum Gasteiger partial charge on any atom is -0.496 e. The van der Waals surface area contributed by atoms with E-state index in [1.54, 1.807) is 21.3 Å². The molecule has 8 heteroatoms. The van der Waals surface area contributed by atoms with E-state index in [0.29, 0.717) is 6.04 Å². The first kappa shape index (κ1) is 23.4. The molecule has 33 heavy (non-hydrogen) atoms. The maximum absolute atomic E-state index is 5.65. The van der Waals surface area contributed by atoms with Crippen molar-refractivity contribution >= 4 is 11.8 Å². The van der Waals surface area contributed by atoms with Crippen molar-refractivity contribution in [2.45, 2.75) is 51.1 Å². The van der Waals surface area contributed by atoms with Crippen LogP contribution in [0.1, 0.15) is 44.1 Å². The standard InChI is InChI=1S/C25H37N5O3/c1-31-20-15-22(32-2)21(23(16-20)33-3)18-29-12-8-9-19(17-29)27-25-26-11-10-24(28-25)30-13-6-4-5-7-14-30/h10-11,15-16,19H,4-9,12-14,17-18H2,1-3H3,(H,26,27,28). The molecule has 1 aromatic carbocycles. The number of nitrogens with zero attached hydrogens (tertiary/aromatic N) is 4. The van der Waals surface area contributed by atoms with Gasteiger partial charge in [0.05, 0.1) is 26.9 Å². The molecular weight excluding hydrogens is 418 g/mol. The second kappa shape index (κ2) is 11.4. The van der Waals surface area contributed by atoms with E-state index < -0.39 is 0 Å². The Balaban J connectivity index is 1.42. The van der Waals surface area contributed by atoms with Crippen LogP contribution in [0.5, 0.6) is 17.2 Å². The lowest BCUT2D eigenvalue weighted by molar-refractivity contribution is 0.203. The van der Waals surface area contributed by atoms with Gasteiger partial charge in [-0.05, 0) is 38.3 Å². The zero-order valence-electron chi connectivity index (χ0n) is 20.2. The highest BCUT2D eigenvalue weighted by atomic mass is 16.5. The van der Waals surface area contributed by atoms with E-state index in [2.05, 4.69) is 20.1 Å².